The maximum atomic E-state index is 12.4. The van der Waals surface area contributed by atoms with Gasteiger partial charge in [0.05, 0.1) is 11.1 Å². The van der Waals surface area contributed by atoms with Gasteiger partial charge in [0.15, 0.2) is 5.96 Å². The van der Waals surface area contributed by atoms with Crippen LogP contribution in [0.3, 0.4) is 0 Å². The van der Waals surface area contributed by atoms with Crippen molar-refractivity contribution in [2.75, 3.05) is 52.4 Å². The number of aliphatic imine (C=N–C) groups is 1. The van der Waals surface area contributed by atoms with Crippen molar-refractivity contribution < 1.29 is 9.59 Å². The largest absolute Gasteiger partial charge is 0.357 e. The lowest BCUT2D eigenvalue weighted by Gasteiger charge is -2.37. The summed E-state index contributed by atoms with van der Waals surface area (Å²) in [6, 6.07) is 7.05. The molecule has 3 rings (SSSR count). The number of piperazine rings is 1. The van der Waals surface area contributed by atoms with Gasteiger partial charge in [-0.25, -0.2) is 0 Å². The molecule has 164 valence electrons. The van der Waals surface area contributed by atoms with Gasteiger partial charge in [-0.3, -0.25) is 24.4 Å². The average Bonchev–Trinajstić information content (AvgIpc) is 2.98. The van der Waals surface area contributed by atoms with Gasteiger partial charge in [-0.15, -0.1) is 0 Å². The van der Waals surface area contributed by atoms with E-state index in [0.29, 0.717) is 30.1 Å². The number of rotatable bonds is 8. The predicted octanol–water partition coefficient (Wildman–Crippen LogP) is 2.30. The van der Waals surface area contributed by atoms with Crippen LogP contribution >= 0.6 is 0 Å². The van der Waals surface area contributed by atoms with Gasteiger partial charge in [0, 0.05) is 52.4 Å². The fraction of sp³-hybridized carbons (Fsp3) is 0.609. The van der Waals surface area contributed by atoms with Crippen molar-refractivity contribution in [3.05, 3.63) is 35.4 Å². The molecule has 0 bridgehead atoms. The van der Waals surface area contributed by atoms with E-state index in [-0.39, 0.29) is 11.8 Å². The first-order valence-electron chi connectivity index (χ1n) is 11.2. The Morgan fingerprint density at radius 3 is 2.23 bits per heavy atom. The third-order valence-electron chi connectivity index (χ3n) is 5.56. The van der Waals surface area contributed by atoms with Crippen molar-refractivity contribution in [1.82, 2.24) is 20.0 Å². The Bertz CT molecular complexity index is 734. The molecule has 1 N–H and O–H groups in total. The third kappa shape index (κ3) is 5.39. The summed E-state index contributed by atoms with van der Waals surface area (Å²) in [6.07, 6.45) is 1.60. The second kappa shape index (κ2) is 10.6. The lowest BCUT2D eigenvalue weighted by molar-refractivity contribution is 0.0652. The molecular formula is C23H35N5O2. The summed E-state index contributed by atoms with van der Waals surface area (Å²) in [5.41, 5.74) is 1.04. The Morgan fingerprint density at radius 2 is 1.67 bits per heavy atom. The van der Waals surface area contributed by atoms with E-state index in [4.69, 9.17) is 4.99 Å². The minimum Gasteiger partial charge on any atom is -0.357 e. The van der Waals surface area contributed by atoms with Crippen molar-refractivity contribution in [3.63, 3.8) is 0 Å². The first-order chi connectivity index (χ1) is 14.5. The molecule has 1 fully saturated rings. The zero-order valence-electron chi connectivity index (χ0n) is 18.6. The number of benzene rings is 1. The summed E-state index contributed by atoms with van der Waals surface area (Å²) in [5, 5.41) is 3.40. The van der Waals surface area contributed by atoms with E-state index >= 15 is 0 Å². The molecular weight excluding hydrogens is 378 g/mol. The highest BCUT2D eigenvalue weighted by atomic mass is 16.2. The molecule has 7 heteroatoms. The van der Waals surface area contributed by atoms with E-state index in [1.165, 1.54) is 4.90 Å². The zero-order valence-corrected chi connectivity index (χ0v) is 18.6. The van der Waals surface area contributed by atoms with Crippen LogP contribution in [0.1, 0.15) is 54.3 Å². The average molecular weight is 414 g/mol. The van der Waals surface area contributed by atoms with Crippen LogP contribution in [-0.4, -0.2) is 84.8 Å². The van der Waals surface area contributed by atoms with Gasteiger partial charge in [-0.05, 0) is 37.8 Å². The van der Waals surface area contributed by atoms with Crippen molar-refractivity contribution in [2.24, 2.45) is 10.9 Å². The number of hydrogen-bond donors (Lipinski definition) is 1. The first kappa shape index (κ1) is 22.3. The Balaban J connectivity index is 1.44. The van der Waals surface area contributed by atoms with Crippen LogP contribution in [0.5, 0.6) is 0 Å². The Hall–Kier alpha value is -2.41. The van der Waals surface area contributed by atoms with Crippen LogP contribution in [-0.2, 0) is 0 Å². The smallest absolute Gasteiger partial charge is 0.261 e. The molecule has 0 unspecified atom stereocenters. The molecule has 2 amide bonds. The summed E-state index contributed by atoms with van der Waals surface area (Å²) < 4.78 is 0. The summed E-state index contributed by atoms with van der Waals surface area (Å²) in [4.78, 5) is 35.9. The van der Waals surface area contributed by atoms with E-state index in [9.17, 15) is 9.59 Å². The van der Waals surface area contributed by atoms with Crippen molar-refractivity contribution >= 4 is 17.8 Å². The molecule has 0 aliphatic carbocycles. The van der Waals surface area contributed by atoms with Crippen LogP contribution in [0.2, 0.25) is 0 Å². The maximum Gasteiger partial charge on any atom is 0.261 e. The topological polar surface area (TPSA) is 68.2 Å². The standard InChI is InChI=1S/C23H35N5O2/c1-4-24-23(27-15-13-26(14-16-27)17-18(2)3)25-11-7-8-12-28-21(29)19-9-5-6-10-20(19)22(28)30/h5-6,9-10,18H,4,7-8,11-17H2,1-3H3,(H,24,25). The lowest BCUT2D eigenvalue weighted by atomic mass is 10.1. The summed E-state index contributed by atoms with van der Waals surface area (Å²) in [6.45, 7) is 13.9. The number of nitrogens with one attached hydrogen (secondary N) is 1. The van der Waals surface area contributed by atoms with Gasteiger partial charge in [-0.2, -0.15) is 0 Å². The number of carbonyl (C=O) groups is 2. The highest BCUT2D eigenvalue weighted by Gasteiger charge is 2.34. The normalized spacial score (nSPS) is 17.8. The lowest BCUT2D eigenvalue weighted by Crippen LogP contribution is -2.53. The van der Waals surface area contributed by atoms with E-state index in [1.54, 1.807) is 24.3 Å². The second-order valence-electron chi connectivity index (χ2n) is 8.43. The molecule has 2 aliphatic heterocycles. The Kier molecular flexibility index (Phi) is 7.85. The van der Waals surface area contributed by atoms with Gasteiger partial charge in [0.2, 0.25) is 0 Å². The SMILES string of the molecule is CCNC(=NCCCCN1C(=O)c2ccccc2C1=O)N1CCN(CC(C)C)CC1. The first-order valence-corrected chi connectivity index (χ1v) is 11.2. The molecule has 1 aromatic rings. The van der Waals surface area contributed by atoms with Gasteiger partial charge >= 0.3 is 0 Å². The molecule has 2 aliphatic rings. The van der Waals surface area contributed by atoms with Gasteiger partial charge in [0.25, 0.3) is 11.8 Å². The number of unbranched alkanes of at least 4 members (excludes halogenated alkanes) is 1. The number of hydrogen-bond acceptors (Lipinski definition) is 4. The molecule has 0 spiro atoms. The third-order valence-corrected chi connectivity index (χ3v) is 5.56. The second-order valence-corrected chi connectivity index (χ2v) is 8.43. The zero-order chi connectivity index (χ0) is 21.5. The fourth-order valence-corrected chi connectivity index (χ4v) is 4.09. The van der Waals surface area contributed by atoms with Crippen LogP contribution in [0.25, 0.3) is 0 Å². The van der Waals surface area contributed by atoms with E-state index in [2.05, 4.69) is 35.9 Å². The van der Waals surface area contributed by atoms with E-state index in [1.807, 2.05) is 0 Å². The number of imide groups is 1. The number of fused-ring (bicyclic) bond motifs is 1. The summed E-state index contributed by atoms with van der Waals surface area (Å²) >= 11 is 0. The fourth-order valence-electron chi connectivity index (χ4n) is 4.09. The van der Waals surface area contributed by atoms with Crippen LogP contribution in [0.4, 0.5) is 0 Å². The van der Waals surface area contributed by atoms with Gasteiger partial charge < -0.3 is 10.2 Å². The number of guanidine groups is 1. The number of carbonyl (C=O) groups excluding carboxylic acids is 2. The minimum absolute atomic E-state index is 0.174. The van der Waals surface area contributed by atoms with Crippen LogP contribution in [0, 0.1) is 5.92 Å². The Labute approximate surface area is 180 Å². The quantitative estimate of drug-likeness (QED) is 0.307. The minimum atomic E-state index is -0.174. The van der Waals surface area contributed by atoms with Crippen molar-refractivity contribution in [1.29, 1.82) is 0 Å². The molecule has 0 radical (unpaired) electrons. The highest BCUT2D eigenvalue weighted by Crippen LogP contribution is 2.22. The van der Waals surface area contributed by atoms with Crippen LogP contribution < -0.4 is 5.32 Å². The van der Waals surface area contributed by atoms with Crippen LogP contribution in [0.15, 0.2) is 29.3 Å². The van der Waals surface area contributed by atoms with Gasteiger partial charge in [-0.1, -0.05) is 26.0 Å². The molecule has 30 heavy (non-hydrogen) atoms. The molecule has 2 heterocycles. The summed E-state index contributed by atoms with van der Waals surface area (Å²) in [5.74, 6) is 1.32. The highest BCUT2D eigenvalue weighted by molar-refractivity contribution is 6.21. The number of nitrogens with zero attached hydrogens (tertiary/aromatic N) is 4. The molecule has 0 saturated carbocycles. The van der Waals surface area contributed by atoms with E-state index in [0.717, 1.165) is 58.1 Å². The predicted molar refractivity (Wildman–Crippen MR) is 120 cm³/mol. The molecule has 0 atom stereocenters. The van der Waals surface area contributed by atoms with Gasteiger partial charge in [0.1, 0.15) is 0 Å². The molecule has 7 nitrogen and oxygen atoms in total. The van der Waals surface area contributed by atoms with Crippen molar-refractivity contribution in [2.45, 2.75) is 33.6 Å². The van der Waals surface area contributed by atoms with E-state index < -0.39 is 0 Å². The Morgan fingerprint density at radius 1 is 1.03 bits per heavy atom. The van der Waals surface area contributed by atoms with Crippen molar-refractivity contribution in [3.8, 4) is 0 Å². The summed E-state index contributed by atoms with van der Waals surface area (Å²) in [7, 11) is 0. The maximum absolute atomic E-state index is 12.4. The molecule has 1 aromatic carbocycles. The number of amides is 2. The molecule has 0 aromatic heterocycles. The molecule has 1 saturated heterocycles. The monoisotopic (exact) mass is 413 g/mol.